The van der Waals surface area contributed by atoms with Crippen molar-refractivity contribution in [2.75, 3.05) is 0 Å². The van der Waals surface area contributed by atoms with E-state index in [1.54, 1.807) is 6.92 Å². The van der Waals surface area contributed by atoms with Crippen LogP contribution in [0.15, 0.2) is 47.4 Å². The van der Waals surface area contributed by atoms with E-state index in [4.69, 9.17) is 0 Å². The highest BCUT2D eigenvalue weighted by Gasteiger charge is 2.25. The van der Waals surface area contributed by atoms with Crippen molar-refractivity contribution in [2.24, 2.45) is 5.92 Å². The van der Waals surface area contributed by atoms with Gasteiger partial charge in [-0.25, -0.2) is 0 Å². The maximum absolute atomic E-state index is 12.5. The lowest BCUT2D eigenvalue weighted by atomic mass is 9.99. The third-order valence-corrected chi connectivity index (χ3v) is 5.21. The number of thioether (sulfide) groups is 1. The zero-order valence-corrected chi connectivity index (χ0v) is 14.3. The second kappa shape index (κ2) is 7.12. The smallest absolute Gasteiger partial charge is 0.199 e. The molecule has 0 aliphatic rings. The number of aliphatic hydroxyl groups is 1. The van der Waals surface area contributed by atoms with Crippen LogP contribution < -0.4 is 0 Å². The molecule has 2 aromatic rings. The molecule has 0 bridgehead atoms. The average Bonchev–Trinajstić information content (AvgIpc) is 2.50. The molecule has 0 spiro atoms. The van der Waals surface area contributed by atoms with E-state index in [1.165, 1.54) is 17.3 Å². The predicted octanol–water partition coefficient (Wildman–Crippen LogP) is 4.60. The first-order valence-electron chi connectivity index (χ1n) is 7.42. The van der Waals surface area contributed by atoms with Crippen LogP contribution in [0.25, 0.3) is 0 Å². The van der Waals surface area contributed by atoms with E-state index in [9.17, 15) is 9.90 Å². The van der Waals surface area contributed by atoms with Gasteiger partial charge in [0.25, 0.3) is 0 Å². The van der Waals surface area contributed by atoms with Crippen molar-refractivity contribution in [3.63, 3.8) is 0 Å². The molecular weight excluding hydrogens is 292 g/mol. The molecule has 2 nitrogen and oxygen atoms in total. The quantitative estimate of drug-likeness (QED) is 0.838. The number of hydrogen-bond donors (Lipinski definition) is 1. The maximum Gasteiger partial charge on any atom is 0.199 e. The molecule has 0 aliphatic carbocycles. The molecule has 2 aromatic carbocycles. The zero-order chi connectivity index (χ0) is 16.3. The molecule has 0 saturated heterocycles. The molecule has 116 valence electrons. The fourth-order valence-corrected chi connectivity index (χ4v) is 3.54. The second-order valence-electron chi connectivity index (χ2n) is 5.79. The van der Waals surface area contributed by atoms with Crippen LogP contribution in [0.4, 0.5) is 0 Å². The van der Waals surface area contributed by atoms with Crippen LogP contribution in [-0.2, 0) is 4.79 Å². The minimum Gasteiger partial charge on any atom is -0.388 e. The Morgan fingerprint density at radius 3 is 2.14 bits per heavy atom. The number of aryl methyl sites for hydroxylation is 3. The first-order valence-corrected chi connectivity index (χ1v) is 8.24. The van der Waals surface area contributed by atoms with E-state index >= 15 is 0 Å². The third kappa shape index (κ3) is 3.79. The van der Waals surface area contributed by atoms with Gasteiger partial charge in [0, 0.05) is 4.90 Å². The normalized spacial score (nSPS) is 13.7. The van der Waals surface area contributed by atoms with Gasteiger partial charge < -0.3 is 5.11 Å². The van der Waals surface area contributed by atoms with Crippen molar-refractivity contribution in [1.29, 1.82) is 0 Å². The molecule has 22 heavy (non-hydrogen) atoms. The molecule has 0 saturated carbocycles. The van der Waals surface area contributed by atoms with E-state index < -0.39 is 12.0 Å². The highest BCUT2D eigenvalue weighted by atomic mass is 32.2. The maximum atomic E-state index is 12.5. The summed E-state index contributed by atoms with van der Waals surface area (Å²) in [6.45, 7) is 7.88. The number of carbonyl (C=O) groups is 1. The minimum atomic E-state index is -0.771. The molecule has 0 aliphatic heterocycles. The van der Waals surface area contributed by atoms with Gasteiger partial charge in [0.05, 0.1) is 12.0 Å². The first-order chi connectivity index (χ1) is 10.4. The van der Waals surface area contributed by atoms with Gasteiger partial charge in [-0.3, -0.25) is 4.79 Å². The lowest BCUT2D eigenvalue weighted by Gasteiger charge is -2.19. The summed E-state index contributed by atoms with van der Waals surface area (Å²) in [6.07, 6.45) is -0.771. The van der Waals surface area contributed by atoms with Crippen LogP contribution >= 0.6 is 11.8 Å². The number of carbonyl (C=O) groups excluding carboxylic acids is 1. The van der Waals surface area contributed by atoms with Crippen molar-refractivity contribution in [3.05, 3.63) is 64.7 Å². The van der Waals surface area contributed by atoms with Crippen LogP contribution in [0.5, 0.6) is 0 Å². The summed E-state index contributed by atoms with van der Waals surface area (Å²) in [4.78, 5) is 13.5. The Labute approximate surface area is 136 Å². The highest BCUT2D eigenvalue weighted by molar-refractivity contribution is 8.13. The highest BCUT2D eigenvalue weighted by Crippen LogP contribution is 2.33. The van der Waals surface area contributed by atoms with E-state index in [0.717, 1.165) is 21.6 Å². The molecule has 1 N–H and O–H groups in total. The van der Waals surface area contributed by atoms with Crippen LogP contribution in [0.1, 0.15) is 35.3 Å². The van der Waals surface area contributed by atoms with Gasteiger partial charge in [-0.2, -0.15) is 0 Å². The Bertz CT molecular complexity index is 641. The summed E-state index contributed by atoms with van der Waals surface area (Å²) in [5.41, 5.74) is 4.19. The molecule has 0 amide bonds. The zero-order valence-electron chi connectivity index (χ0n) is 13.5. The van der Waals surface area contributed by atoms with E-state index in [-0.39, 0.29) is 5.12 Å². The summed E-state index contributed by atoms with van der Waals surface area (Å²) >= 11 is 1.24. The Balaban J connectivity index is 2.16. The van der Waals surface area contributed by atoms with Gasteiger partial charge in [-0.15, -0.1) is 0 Å². The largest absolute Gasteiger partial charge is 0.388 e. The van der Waals surface area contributed by atoms with Gasteiger partial charge in [0.2, 0.25) is 0 Å². The van der Waals surface area contributed by atoms with E-state index in [1.807, 2.05) is 44.2 Å². The lowest BCUT2D eigenvalue weighted by molar-refractivity contribution is -0.117. The lowest BCUT2D eigenvalue weighted by Crippen LogP contribution is -2.17. The summed E-state index contributed by atoms with van der Waals surface area (Å²) < 4.78 is 0. The Morgan fingerprint density at radius 1 is 1.05 bits per heavy atom. The van der Waals surface area contributed by atoms with Crippen LogP contribution in [0.3, 0.4) is 0 Å². The number of hydrogen-bond acceptors (Lipinski definition) is 3. The fourth-order valence-electron chi connectivity index (χ4n) is 2.59. The Hall–Kier alpha value is -1.58. The molecule has 3 heteroatoms. The van der Waals surface area contributed by atoms with E-state index in [0.29, 0.717) is 0 Å². The van der Waals surface area contributed by atoms with Crippen molar-refractivity contribution in [1.82, 2.24) is 0 Å². The van der Waals surface area contributed by atoms with Crippen molar-refractivity contribution in [2.45, 2.75) is 38.7 Å². The SMILES string of the molecule is Cc1cc(C)c(SC(=O)[C@H](C)[C@@H](O)c2ccccc2)c(C)c1. The average molecular weight is 314 g/mol. The summed E-state index contributed by atoms with van der Waals surface area (Å²) in [5, 5.41) is 10.4. The molecule has 2 rings (SSSR count). The monoisotopic (exact) mass is 314 g/mol. The third-order valence-electron chi connectivity index (χ3n) is 3.79. The Kier molecular flexibility index (Phi) is 5.43. The van der Waals surface area contributed by atoms with Crippen LogP contribution in [-0.4, -0.2) is 10.2 Å². The Morgan fingerprint density at radius 2 is 1.59 bits per heavy atom. The molecule has 0 fully saturated rings. The number of benzene rings is 2. The molecule has 0 aromatic heterocycles. The van der Waals surface area contributed by atoms with Crippen LogP contribution in [0.2, 0.25) is 0 Å². The van der Waals surface area contributed by atoms with E-state index in [2.05, 4.69) is 19.1 Å². The molecule has 0 heterocycles. The van der Waals surface area contributed by atoms with Crippen LogP contribution in [0, 0.1) is 26.7 Å². The molecule has 0 radical (unpaired) electrons. The molecule has 2 atom stereocenters. The minimum absolute atomic E-state index is 0.00796. The molecule has 0 unspecified atom stereocenters. The van der Waals surface area contributed by atoms with Gasteiger partial charge in [0.1, 0.15) is 0 Å². The van der Waals surface area contributed by atoms with Gasteiger partial charge in [0.15, 0.2) is 5.12 Å². The topological polar surface area (TPSA) is 37.3 Å². The molecular formula is C19H22O2S. The van der Waals surface area contributed by atoms with Crippen molar-refractivity contribution < 1.29 is 9.90 Å². The van der Waals surface area contributed by atoms with Gasteiger partial charge >= 0.3 is 0 Å². The van der Waals surface area contributed by atoms with Crippen molar-refractivity contribution >= 4 is 16.9 Å². The fraction of sp³-hybridized carbons (Fsp3) is 0.316. The predicted molar refractivity (Wildman–Crippen MR) is 92.1 cm³/mol. The number of aliphatic hydroxyl groups excluding tert-OH is 1. The van der Waals surface area contributed by atoms with Crippen molar-refractivity contribution in [3.8, 4) is 0 Å². The summed E-state index contributed by atoms with van der Waals surface area (Å²) in [7, 11) is 0. The summed E-state index contributed by atoms with van der Waals surface area (Å²) in [5.74, 6) is -0.451. The second-order valence-corrected chi connectivity index (χ2v) is 6.81. The first kappa shape index (κ1) is 16.8. The van der Waals surface area contributed by atoms with Gasteiger partial charge in [-0.05, 0) is 37.5 Å². The summed E-state index contributed by atoms with van der Waals surface area (Å²) in [6, 6.07) is 13.5. The standard InChI is InChI=1S/C19H22O2S/c1-12-10-13(2)18(14(3)11-12)22-19(21)15(4)17(20)16-8-6-5-7-9-16/h5-11,15,17,20H,1-4H3/t15-,17-/m1/s1. The van der Waals surface area contributed by atoms with Gasteiger partial charge in [-0.1, -0.05) is 66.7 Å². The number of rotatable bonds is 4.